The lowest BCUT2D eigenvalue weighted by molar-refractivity contribution is 0.446. The molecule has 1 fully saturated rings. The van der Waals surface area contributed by atoms with Crippen LogP contribution in [0.4, 0.5) is 0 Å². The lowest BCUT2D eigenvalue weighted by atomic mass is 9.89. The molecular weight excluding hydrogens is 298 g/mol. The first-order valence-corrected chi connectivity index (χ1v) is 7.67. The average Bonchev–Trinajstić information content (AvgIpc) is 2.78. The maximum absolute atomic E-state index is 10.7. The molecule has 0 aliphatic heterocycles. The molecule has 0 aromatic heterocycles. The van der Waals surface area contributed by atoms with Gasteiger partial charge in [-0.15, -0.1) is 11.8 Å². The highest BCUT2D eigenvalue weighted by atomic mass is 79.9. The van der Waals surface area contributed by atoms with Gasteiger partial charge in [0.1, 0.15) is 5.54 Å². The van der Waals surface area contributed by atoms with Gasteiger partial charge in [-0.05, 0) is 31.2 Å². The van der Waals surface area contributed by atoms with E-state index in [1.165, 1.54) is 4.90 Å². The molecule has 0 bridgehead atoms. The van der Waals surface area contributed by atoms with Crippen molar-refractivity contribution in [3.05, 3.63) is 28.2 Å². The van der Waals surface area contributed by atoms with E-state index in [9.17, 15) is 4.79 Å². The van der Waals surface area contributed by atoms with Crippen LogP contribution in [-0.2, 0) is 10.3 Å². The highest BCUT2D eigenvalue weighted by molar-refractivity contribution is 9.10. The maximum atomic E-state index is 10.7. The van der Waals surface area contributed by atoms with Crippen molar-refractivity contribution in [3.8, 4) is 0 Å². The van der Waals surface area contributed by atoms with Gasteiger partial charge in [-0.3, -0.25) is 0 Å². The third-order valence-corrected chi connectivity index (χ3v) is 4.79. The topological polar surface area (TPSA) is 29.4 Å². The molecule has 17 heavy (non-hydrogen) atoms. The van der Waals surface area contributed by atoms with Crippen molar-refractivity contribution in [3.63, 3.8) is 0 Å². The van der Waals surface area contributed by atoms with Crippen molar-refractivity contribution >= 4 is 33.8 Å². The van der Waals surface area contributed by atoms with Gasteiger partial charge in [-0.2, -0.15) is 4.99 Å². The third kappa shape index (κ3) is 2.35. The monoisotopic (exact) mass is 311 g/mol. The standard InChI is InChI=1S/C13H14BrNOS/c1-17-11-6-4-5-10(14)12(11)13(15-9-16)7-2-3-8-13/h4-6H,2-3,7-8H2,1H3. The van der Waals surface area contributed by atoms with Crippen LogP contribution in [0, 0.1) is 0 Å². The van der Waals surface area contributed by atoms with Gasteiger partial charge in [0.2, 0.25) is 6.08 Å². The van der Waals surface area contributed by atoms with E-state index < -0.39 is 0 Å². The van der Waals surface area contributed by atoms with Crippen LogP contribution in [0.25, 0.3) is 0 Å². The van der Waals surface area contributed by atoms with E-state index in [0.717, 1.165) is 35.7 Å². The quantitative estimate of drug-likeness (QED) is 0.474. The number of benzene rings is 1. The first-order valence-electron chi connectivity index (χ1n) is 5.65. The zero-order valence-electron chi connectivity index (χ0n) is 9.70. The van der Waals surface area contributed by atoms with Gasteiger partial charge >= 0.3 is 0 Å². The summed E-state index contributed by atoms with van der Waals surface area (Å²) < 4.78 is 1.05. The Morgan fingerprint density at radius 2 is 2.12 bits per heavy atom. The molecule has 1 saturated carbocycles. The van der Waals surface area contributed by atoms with E-state index in [4.69, 9.17) is 0 Å². The minimum atomic E-state index is -0.347. The number of rotatable bonds is 3. The lowest BCUT2D eigenvalue weighted by Crippen LogP contribution is -2.20. The fourth-order valence-corrected chi connectivity index (χ4v) is 4.18. The highest BCUT2D eigenvalue weighted by Gasteiger charge is 2.38. The molecule has 0 amide bonds. The van der Waals surface area contributed by atoms with E-state index in [1.807, 2.05) is 12.1 Å². The maximum Gasteiger partial charge on any atom is 0.235 e. The molecule has 1 aromatic carbocycles. The summed E-state index contributed by atoms with van der Waals surface area (Å²) in [7, 11) is 0. The van der Waals surface area contributed by atoms with Crippen molar-refractivity contribution < 1.29 is 4.79 Å². The Labute approximate surface area is 114 Å². The van der Waals surface area contributed by atoms with Crippen molar-refractivity contribution in [1.29, 1.82) is 0 Å². The molecule has 0 N–H and O–H groups in total. The van der Waals surface area contributed by atoms with Crippen LogP contribution in [0.3, 0.4) is 0 Å². The van der Waals surface area contributed by atoms with E-state index in [-0.39, 0.29) is 5.54 Å². The summed E-state index contributed by atoms with van der Waals surface area (Å²) in [5.74, 6) is 0. The van der Waals surface area contributed by atoms with Crippen LogP contribution >= 0.6 is 27.7 Å². The normalized spacial score (nSPS) is 17.8. The van der Waals surface area contributed by atoms with Crippen molar-refractivity contribution in [2.24, 2.45) is 4.99 Å². The number of hydrogen-bond acceptors (Lipinski definition) is 3. The molecule has 2 nitrogen and oxygen atoms in total. The van der Waals surface area contributed by atoms with Crippen molar-refractivity contribution in [2.45, 2.75) is 36.1 Å². The minimum absolute atomic E-state index is 0.347. The summed E-state index contributed by atoms with van der Waals surface area (Å²) in [5, 5.41) is 0. The fourth-order valence-electron chi connectivity index (χ4n) is 2.59. The first kappa shape index (κ1) is 12.9. The summed E-state index contributed by atoms with van der Waals surface area (Å²) in [6.45, 7) is 0. The second kappa shape index (κ2) is 5.38. The molecule has 1 aliphatic carbocycles. The van der Waals surface area contributed by atoms with Crippen LogP contribution in [0.2, 0.25) is 0 Å². The SMILES string of the molecule is CSc1cccc(Br)c1C1(N=C=O)CCCC1. The fraction of sp³-hybridized carbons (Fsp3) is 0.462. The van der Waals surface area contributed by atoms with E-state index >= 15 is 0 Å². The van der Waals surface area contributed by atoms with Gasteiger partial charge in [0.15, 0.2) is 0 Å². The molecule has 0 atom stereocenters. The summed E-state index contributed by atoms with van der Waals surface area (Å²) in [4.78, 5) is 16.1. The summed E-state index contributed by atoms with van der Waals surface area (Å²) in [6.07, 6.45) is 7.96. The predicted molar refractivity (Wildman–Crippen MR) is 74.2 cm³/mol. The molecule has 0 unspecified atom stereocenters. The molecule has 2 rings (SSSR count). The number of carbonyl (C=O) groups excluding carboxylic acids is 1. The zero-order valence-corrected chi connectivity index (χ0v) is 12.1. The third-order valence-electron chi connectivity index (χ3n) is 3.35. The molecule has 90 valence electrons. The molecule has 0 radical (unpaired) electrons. The summed E-state index contributed by atoms with van der Waals surface area (Å²) >= 11 is 5.30. The van der Waals surface area contributed by atoms with Gasteiger partial charge < -0.3 is 0 Å². The van der Waals surface area contributed by atoms with E-state index in [0.29, 0.717) is 0 Å². The first-order chi connectivity index (χ1) is 8.23. The zero-order chi connectivity index (χ0) is 12.3. The Bertz CT molecular complexity index is 462. The number of thioether (sulfide) groups is 1. The molecule has 0 spiro atoms. The van der Waals surface area contributed by atoms with E-state index in [2.05, 4.69) is 33.2 Å². The van der Waals surface area contributed by atoms with Gasteiger partial charge in [0, 0.05) is 14.9 Å². The summed E-state index contributed by atoms with van der Waals surface area (Å²) in [6, 6.07) is 6.13. The second-order valence-electron chi connectivity index (χ2n) is 4.26. The van der Waals surface area contributed by atoms with Crippen LogP contribution in [0.15, 0.2) is 32.6 Å². The molecule has 4 heteroatoms. The Morgan fingerprint density at radius 1 is 1.41 bits per heavy atom. The molecule has 1 aromatic rings. The Hall–Kier alpha value is -0.570. The van der Waals surface area contributed by atoms with Crippen LogP contribution < -0.4 is 0 Å². The van der Waals surface area contributed by atoms with Crippen LogP contribution in [-0.4, -0.2) is 12.3 Å². The number of aliphatic imine (C=N–C) groups is 1. The summed E-state index contributed by atoms with van der Waals surface area (Å²) in [5.41, 5.74) is 0.813. The number of hydrogen-bond donors (Lipinski definition) is 0. The van der Waals surface area contributed by atoms with Crippen molar-refractivity contribution in [2.75, 3.05) is 6.26 Å². The highest BCUT2D eigenvalue weighted by Crippen LogP contribution is 2.47. The number of nitrogens with zero attached hydrogens (tertiary/aromatic N) is 1. The van der Waals surface area contributed by atoms with Gasteiger partial charge in [-0.25, -0.2) is 4.79 Å². The smallest absolute Gasteiger partial charge is 0.211 e. The van der Waals surface area contributed by atoms with Gasteiger partial charge in [0.05, 0.1) is 0 Å². The molecule has 0 saturated heterocycles. The Kier molecular flexibility index (Phi) is 4.08. The van der Waals surface area contributed by atoms with Crippen LogP contribution in [0.5, 0.6) is 0 Å². The predicted octanol–water partition coefficient (Wildman–Crippen LogP) is 4.28. The lowest BCUT2D eigenvalue weighted by Gasteiger charge is -2.26. The van der Waals surface area contributed by atoms with Gasteiger partial charge in [0.25, 0.3) is 0 Å². The molecule has 0 heterocycles. The molecular formula is C13H14BrNOS. The second-order valence-corrected chi connectivity index (χ2v) is 5.96. The Balaban J connectivity index is 2.60. The van der Waals surface area contributed by atoms with Gasteiger partial charge in [-0.1, -0.05) is 34.8 Å². The number of isocyanates is 1. The Morgan fingerprint density at radius 3 is 2.71 bits per heavy atom. The van der Waals surface area contributed by atoms with Crippen molar-refractivity contribution in [1.82, 2.24) is 0 Å². The average molecular weight is 312 g/mol. The number of halogens is 1. The molecule has 1 aliphatic rings. The van der Waals surface area contributed by atoms with E-state index in [1.54, 1.807) is 17.8 Å². The largest absolute Gasteiger partial charge is 0.235 e. The van der Waals surface area contributed by atoms with Crippen LogP contribution in [0.1, 0.15) is 31.2 Å². The minimum Gasteiger partial charge on any atom is -0.211 e.